The van der Waals surface area contributed by atoms with Crippen molar-refractivity contribution in [2.24, 2.45) is 0 Å². The third-order valence-corrected chi connectivity index (χ3v) is 5.06. The third-order valence-electron chi connectivity index (χ3n) is 5.06. The van der Waals surface area contributed by atoms with Crippen LogP contribution in [0.4, 0.5) is 0 Å². The maximum Gasteiger partial charge on any atom is 0.259 e. The fourth-order valence-electron chi connectivity index (χ4n) is 3.80. The molecule has 0 saturated carbocycles. The molecule has 1 aliphatic rings. The summed E-state index contributed by atoms with van der Waals surface area (Å²) >= 11 is 0. The van der Waals surface area contributed by atoms with Crippen molar-refractivity contribution in [1.82, 2.24) is 9.88 Å². The molecule has 4 heteroatoms. The fourth-order valence-corrected chi connectivity index (χ4v) is 3.80. The van der Waals surface area contributed by atoms with Crippen LogP contribution in [0.3, 0.4) is 0 Å². The molecule has 1 unspecified atom stereocenters. The number of pyridine rings is 1. The summed E-state index contributed by atoms with van der Waals surface area (Å²) in [5.41, 5.74) is 2.88. The van der Waals surface area contributed by atoms with Crippen molar-refractivity contribution in [2.75, 3.05) is 6.54 Å². The number of carbonyl (C=O) groups excluding carboxylic acids is 1. The molecule has 1 aromatic carbocycles. The number of nitrogens with one attached hydrogen (secondary N) is 1. The van der Waals surface area contributed by atoms with Crippen molar-refractivity contribution in [3.63, 3.8) is 0 Å². The number of aryl methyl sites for hydroxylation is 3. The largest absolute Gasteiger partial charge is 0.362 e. The molecule has 3 rings (SSSR count). The van der Waals surface area contributed by atoms with Crippen LogP contribution in [0.25, 0.3) is 0 Å². The lowest BCUT2D eigenvalue weighted by Crippen LogP contribution is -2.45. The minimum absolute atomic E-state index is 0.114. The van der Waals surface area contributed by atoms with Gasteiger partial charge in [0, 0.05) is 30.0 Å². The highest BCUT2D eigenvalue weighted by Crippen LogP contribution is 2.23. The Morgan fingerprint density at radius 1 is 1.20 bits per heavy atom. The Hall–Kier alpha value is -2.36. The normalized spacial score (nSPS) is 17.5. The molecule has 1 amide bonds. The summed E-state index contributed by atoms with van der Waals surface area (Å²) in [4.78, 5) is 30.5. The number of carbonyl (C=O) groups is 1. The SMILES string of the molecule is Cc1cc(=O)c(C(=O)N2CCCCC2CCc2ccccc2)c(C)[nH]1. The molecule has 1 aromatic heterocycles. The number of likely N-dealkylation sites (tertiary alicyclic amines) is 1. The molecule has 132 valence electrons. The molecule has 0 bridgehead atoms. The van der Waals surface area contributed by atoms with E-state index in [1.807, 2.05) is 36.9 Å². The first-order valence-electron chi connectivity index (χ1n) is 9.11. The van der Waals surface area contributed by atoms with Crippen molar-refractivity contribution in [3.8, 4) is 0 Å². The average molecular weight is 338 g/mol. The zero-order chi connectivity index (χ0) is 17.8. The second-order valence-corrected chi connectivity index (χ2v) is 6.99. The summed E-state index contributed by atoms with van der Waals surface area (Å²) < 4.78 is 0. The molecule has 0 aliphatic carbocycles. The fraction of sp³-hybridized carbons (Fsp3) is 0.429. The van der Waals surface area contributed by atoms with E-state index in [-0.39, 0.29) is 17.4 Å². The highest BCUT2D eigenvalue weighted by Gasteiger charge is 2.29. The van der Waals surface area contributed by atoms with E-state index >= 15 is 0 Å². The number of benzene rings is 1. The molecule has 0 spiro atoms. The van der Waals surface area contributed by atoms with Crippen LogP contribution in [0.2, 0.25) is 0 Å². The molecule has 25 heavy (non-hydrogen) atoms. The summed E-state index contributed by atoms with van der Waals surface area (Å²) in [5.74, 6) is -0.114. The van der Waals surface area contributed by atoms with E-state index < -0.39 is 0 Å². The summed E-state index contributed by atoms with van der Waals surface area (Å²) in [7, 11) is 0. The Balaban J connectivity index is 1.79. The Morgan fingerprint density at radius 2 is 1.96 bits per heavy atom. The van der Waals surface area contributed by atoms with Gasteiger partial charge in [0.1, 0.15) is 5.56 Å². The standard InChI is InChI=1S/C21H26N2O2/c1-15-14-19(24)20(16(2)22-15)21(25)23-13-7-6-10-18(23)12-11-17-8-4-3-5-9-17/h3-5,8-9,14,18H,6-7,10-13H2,1-2H3,(H,22,24). The van der Waals surface area contributed by atoms with Crippen molar-refractivity contribution in [2.45, 2.75) is 52.0 Å². The number of aromatic amines is 1. The van der Waals surface area contributed by atoms with Crippen LogP contribution in [0.1, 0.15) is 53.0 Å². The maximum atomic E-state index is 13.1. The molecule has 1 fully saturated rings. The predicted molar refractivity (Wildman–Crippen MR) is 100.0 cm³/mol. The monoisotopic (exact) mass is 338 g/mol. The molecule has 2 aromatic rings. The first kappa shape index (κ1) is 17.5. The van der Waals surface area contributed by atoms with Crippen LogP contribution in [-0.2, 0) is 6.42 Å². The summed E-state index contributed by atoms with van der Waals surface area (Å²) in [6, 6.07) is 12.1. The quantitative estimate of drug-likeness (QED) is 0.926. The van der Waals surface area contributed by atoms with Gasteiger partial charge >= 0.3 is 0 Å². The molecule has 1 atom stereocenters. The number of hydrogen-bond donors (Lipinski definition) is 1. The zero-order valence-corrected chi connectivity index (χ0v) is 15.0. The molecular weight excluding hydrogens is 312 g/mol. The molecular formula is C21H26N2O2. The van der Waals surface area contributed by atoms with E-state index in [0.717, 1.165) is 44.3 Å². The Labute approximate surface area is 148 Å². The van der Waals surface area contributed by atoms with Crippen molar-refractivity contribution in [1.29, 1.82) is 0 Å². The first-order chi connectivity index (χ1) is 12.1. The van der Waals surface area contributed by atoms with Gasteiger partial charge < -0.3 is 9.88 Å². The molecule has 2 heterocycles. The molecule has 1 saturated heterocycles. The number of hydrogen-bond acceptors (Lipinski definition) is 2. The Kier molecular flexibility index (Phi) is 5.37. The maximum absolute atomic E-state index is 13.1. The summed E-state index contributed by atoms with van der Waals surface area (Å²) in [5, 5.41) is 0. The Bertz CT molecular complexity index is 795. The smallest absolute Gasteiger partial charge is 0.259 e. The lowest BCUT2D eigenvalue weighted by molar-refractivity contribution is 0.0599. The van der Waals surface area contributed by atoms with Crippen LogP contribution >= 0.6 is 0 Å². The van der Waals surface area contributed by atoms with Gasteiger partial charge in [0.05, 0.1) is 0 Å². The summed E-state index contributed by atoms with van der Waals surface area (Å²) in [6.45, 7) is 4.39. The van der Waals surface area contributed by atoms with Gasteiger partial charge in [-0.3, -0.25) is 9.59 Å². The van der Waals surface area contributed by atoms with Crippen LogP contribution in [0, 0.1) is 13.8 Å². The third kappa shape index (κ3) is 4.01. The number of piperidine rings is 1. The van der Waals surface area contributed by atoms with Gasteiger partial charge in [-0.2, -0.15) is 0 Å². The van der Waals surface area contributed by atoms with Gasteiger partial charge in [0.25, 0.3) is 5.91 Å². The lowest BCUT2D eigenvalue weighted by atomic mass is 9.95. The van der Waals surface area contributed by atoms with Gasteiger partial charge in [0.2, 0.25) is 0 Å². The number of H-pyrrole nitrogens is 1. The number of nitrogens with zero attached hydrogens (tertiary/aromatic N) is 1. The van der Waals surface area contributed by atoms with E-state index in [2.05, 4.69) is 17.1 Å². The van der Waals surface area contributed by atoms with Gasteiger partial charge in [0.15, 0.2) is 5.43 Å². The predicted octanol–water partition coefficient (Wildman–Crippen LogP) is 3.62. The molecule has 1 N–H and O–H groups in total. The van der Waals surface area contributed by atoms with Crippen LogP contribution in [-0.4, -0.2) is 28.4 Å². The molecule has 4 nitrogen and oxygen atoms in total. The minimum Gasteiger partial charge on any atom is -0.362 e. The van der Waals surface area contributed by atoms with E-state index in [4.69, 9.17) is 0 Å². The number of rotatable bonds is 4. The molecule has 1 aliphatic heterocycles. The first-order valence-corrected chi connectivity index (χ1v) is 9.11. The number of amides is 1. The highest BCUT2D eigenvalue weighted by molar-refractivity contribution is 5.95. The van der Waals surface area contributed by atoms with Gasteiger partial charge in [-0.15, -0.1) is 0 Å². The van der Waals surface area contributed by atoms with Crippen LogP contribution in [0.5, 0.6) is 0 Å². The minimum atomic E-state index is -0.175. The second-order valence-electron chi connectivity index (χ2n) is 6.99. The number of aromatic nitrogens is 1. The van der Waals surface area contributed by atoms with Crippen molar-refractivity contribution < 1.29 is 4.79 Å². The van der Waals surface area contributed by atoms with Crippen LogP contribution in [0.15, 0.2) is 41.2 Å². The van der Waals surface area contributed by atoms with Gasteiger partial charge in [-0.1, -0.05) is 30.3 Å². The van der Waals surface area contributed by atoms with Crippen molar-refractivity contribution in [3.05, 3.63) is 69.1 Å². The summed E-state index contributed by atoms with van der Waals surface area (Å²) in [6.07, 6.45) is 5.07. The highest BCUT2D eigenvalue weighted by atomic mass is 16.2. The average Bonchev–Trinajstić information content (AvgIpc) is 2.60. The van der Waals surface area contributed by atoms with E-state index in [1.54, 1.807) is 0 Å². The van der Waals surface area contributed by atoms with Crippen molar-refractivity contribution >= 4 is 5.91 Å². The van der Waals surface area contributed by atoms with Gasteiger partial charge in [-0.05, 0) is 51.5 Å². The van der Waals surface area contributed by atoms with Crippen LogP contribution < -0.4 is 5.43 Å². The van der Waals surface area contributed by atoms with E-state index in [9.17, 15) is 9.59 Å². The topological polar surface area (TPSA) is 53.2 Å². The lowest BCUT2D eigenvalue weighted by Gasteiger charge is -2.36. The zero-order valence-electron chi connectivity index (χ0n) is 15.0. The molecule has 0 radical (unpaired) electrons. The second kappa shape index (κ2) is 7.68. The van der Waals surface area contributed by atoms with Gasteiger partial charge in [-0.25, -0.2) is 0 Å². The Morgan fingerprint density at radius 3 is 2.68 bits per heavy atom. The van der Waals surface area contributed by atoms with E-state index in [1.165, 1.54) is 11.6 Å². The van der Waals surface area contributed by atoms with E-state index in [0.29, 0.717) is 11.3 Å².